The molecule has 4 rings (SSSR count). The lowest BCUT2D eigenvalue weighted by Crippen LogP contribution is -2.39. The fourth-order valence-corrected chi connectivity index (χ4v) is 4.77. The van der Waals surface area contributed by atoms with E-state index in [0.717, 1.165) is 29.8 Å². The standard InChI is InChI=1S/C20H24N4O2S/c25-18(14-7-3-1-4-8-14)24-12-11-16-17(13-24)27-20(22-16)23-19(26)21-15-9-5-2-6-10-15/h1,3-4,7-8,15H,2,5-6,9-13H2,(H2,21,22,23,26). The first-order valence-electron chi connectivity index (χ1n) is 9.59. The molecule has 0 unspecified atom stereocenters. The Morgan fingerprint density at radius 3 is 2.67 bits per heavy atom. The van der Waals surface area contributed by atoms with Gasteiger partial charge in [0.05, 0.1) is 12.2 Å². The van der Waals surface area contributed by atoms with Crippen LogP contribution in [0.15, 0.2) is 30.3 Å². The summed E-state index contributed by atoms with van der Waals surface area (Å²) in [5.74, 6) is 0.0409. The number of nitrogens with zero attached hydrogens (tertiary/aromatic N) is 2. The number of anilines is 1. The number of urea groups is 1. The number of fused-ring (bicyclic) bond motifs is 1. The number of amides is 3. The second-order valence-electron chi connectivity index (χ2n) is 7.17. The van der Waals surface area contributed by atoms with Gasteiger partial charge < -0.3 is 10.2 Å². The van der Waals surface area contributed by atoms with E-state index in [1.807, 2.05) is 35.2 Å². The lowest BCUT2D eigenvalue weighted by molar-refractivity contribution is 0.0736. The van der Waals surface area contributed by atoms with Gasteiger partial charge in [0.15, 0.2) is 5.13 Å². The Kier molecular flexibility index (Phi) is 5.38. The SMILES string of the molecule is O=C(Nc1nc2c(s1)CN(C(=O)c1ccccc1)CC2)NC1CCCCC1. The summed E-state index contributed by atoms with van der Waals surface area (Å²) >= 11 is 1.47. The number of benzene rings is 1. The first kappa shape index (κ1) is 18.0. The Bertz CT molecular complexity index is 815. The van der Waals surface area contributed by atoms with E-state index in [1.165, 1.54) is 30.6 Å². The van der Waals surface area contributed by atoms with Crippen molar-refractivity contribution in [2.45, 2.75) is 51.1 Å². The third kappa shape index (κ3) is 4.30. The Morgan fingerprint density at radius 2 is 1.89 bits per heavy atom. The Morgan fingerprint density at radius 1 is 1.11 bits per heavy atom. The summed E-state index contributed by atoms with van der Waals surface area (Å²) in [7, 11) is 0. The predicted octanol–water partition coefficient (Wildman–Crippen LogP) is 3.80. The average Bonchev–Trinajstić information content (AvgIpc) is 3.10. The third-order valence-electron chi connectivity index (χ3n) is 5.20. The lowest BCUT2D eigenvalue weighted by Gasteiger charge is -2.26. The summed E-state index contributed by atoms with van der Waals surface area (Å²) in [5.41, 5.74) is 1.70. The number of nitrogens with one attached hydrogen (secondary N) is 2. The third-order valence-corrected chi connectivity index (χ3v) is 6.20. The highest BCUT2D eigenvalue weighted by Crippen LogP contribution is 2.29. The van der Waals surface area contributed by atoms with Crippen LogP contribution in [0.1, 0.15) is 53.0 Å². The van der Waals surface area contributed by atoms with Crippen molar-refractivity contribution >= 4 is 28.4 Å². The maximum Gasteiger partial charge on any atom is 0.321 e. The van der Waals surface area contributed by atoms with Crippen molar-refractivity contribution < 1.29 is 9.59 Å². The smallest absolute Gasteiger partial charge is 0.321 e. The molecule has 0 saturated heterocycles. The molecule has 7 heteroatoms. The minimum atomic E-state index is -0.176. The second-order valence-corrected chi connectivity index (χ2v) is 8.25. The number of hydrogen-bond donors (Lipinski definition) is 2. The van der Waals surface area contributed by atoms with Crippen molar-refractivity contribution in [3.8, 4) is 0 Å². The summed E-state index contributed by atoms with van der Waals surface area (Å²) in [5, 5.41) is 6.54. The highest BCUT2D eigenvalue weighted by molar-refractivity contribution is 7.15. The van der Waals surface area contributed by atoms with E-state index >= 15 is 0 Å². The first-order valence-corrected chi connectivity index (χ1v) is 10.4. The fraction of sp³-hybridized carbons (Fsp3) is 0.450. The normalized spacial score (nSPS) is 17.3. The summed E-state index contributed by atoms with van der Waals surface area (Å²) in [4.78, 5) is 32.3. The summed E-state index contributed by atoms with van der Waals surface area (Å²) in [6.45, 7) is 1.20. The van der Waals surface area contributed by atoms with Crippen LogP contribution in [-0.2, 0) is 13.0 Å². The molecule has 0 atom stereocenters. The van der Waals surface area contributed by atoms with Crippen molar-refractivity contribution in [2.75, 3.05) is 11.9 Å². The van der Waals surface area contributed by atoms with Crippen LogP contribution in [0, 0.1) is 0 Å². The molecule has 1 aromatic heterocycles. The van der Waals surface area contributed by atoms with Gasteiger partial charge in [0.1, 0.15) is 0 Å². The van der Waals surface area contributed by atoms with E-state index < -0.39 is 0 Å². The van der Waals surface area contributed by atoms with Gasteiger partial charge in [0.25, 0.3) is 5.91 Å². The van der Waals surface area contributed by atoms with Gasteiger partial charge in [-0.2, -0.15) is 0 Å². The number of rotatable bonds is 3. The molecule has 3 amide bonds. The highest BCUT2D eigenvalue weighted by Gasteiger charge is 2.25. The summed E-state index contributed by atoms with van der Waals surface area (Å²) in [6.07, 6.45) is 6.45. The molecule has 6 nitrogen and oxygen atoms in total. The van der Waals surface area contributed by atoms with E-state index in [4.69, 9.17) is 0 Å². The zero-order chi connectivity index (χ0) is 18.6. The molecule has 2 N–H and O–H groups in total. The largest absolute Gasteiger partial charge is 0.335 e. The van der Waals surface area contributed by atoms with Crippen molar-refractivity contribution in [2.24, 2.45) is 0 Å². The second kappa shape index (κ2) is 8.08. The number of hydrogen-bond acceptors (Lipinski definition) is 4. The van der Waals surface area contributed by atoms with Crippen molar-refractivity contribution in [3.05, 3.63) is 46.5 Å². The van der Waals surface area contributed by atoms with Crippen molar-refractivity contribution in [1.29, 1.82) is 0 Å². The van der Waals surface area contributed by atoms with Crippen LogP contribution in [0.25, 0.3) is 0 Å². The average molecular weight is 385 g/mol. The van der Waals surface area contributed by atoms with Gasteiger partial charge in [-0.05, 0) is 25.0 Å². The quantitative estimate of drug-likeness (QED) is 0.845. The molecule has 1 aliphatic heterocycles. The fourth-order valence-electron chi connectivity index (χ4n) is 3.75. The number of carbonyl (C=O) groups is 2. The molecule has 2 aromatic rings. The van der Waals surface area contributed by atoms with Gasteiger partial charge >= 0.3 is 6.03 Å². The summed E-state index contributed by atoms with van der Waals surface area (Å²) in [6, 6.07) is 9.44. The molecule has 1 fully saturated rings. The van der Waals surface area contributed by atoms with Crippen molar-refractivity contribution in [3.63, 3.8) is 0 Å². The molecule has 2 aliphatic rings. The topological polar surface area (TPSA) is 74.3 Å². The van der Waals surface area contributed by atoms with Gasteiger partial charge in [-0.1, -0.05) is 48.8 Å². The Labute approximate surface area is 163 Å². The maximum absolute atomic E-state index is 12.6. The molecule has 1 aromatic carbocycles. The molecule has 0 spiro atoms. The van der Waals surface area contributed by atoms with Crippen LogP contribution in [-0.4, -0.2) is 34.4 Å². The van der Waals surface area contributed by atoms with Crippen LogP contribution in [0.2, 0.25) is 0 Å². The zero-order valence-electron chi connectivity index (χ0n) is 15.2. The maximum atomic E-state index is 12.6. The van der Waals surface area contributed by atoms with Crippen LogP contribution in [0.4, 0.5) is 9.93 Å². The van der Waals surface area contributed by atoms with Gasteiger partial charge in [-0.15, -0.1) is 0 Å². The number of thiazole rings is 1. The molecule has 0 bridgehead atoms. The molecule has 2 heterocycles. The van der Waals surface area contributed by atoms with Gasteiger partial charge in [0.2, 0.25) is 0 Å². The zero-order valence-corrected chi connectivity index (χ0v) is 16.1. The van der Waals surface area contributed by atoms with E-state index in [-0.39, 0.29) is 18.0 Å². The van der Waals surface area contributed by atoms with E-state index in [0.29, 0.717) is 23.8 Å². The highest BCUT2D eigenvalue weighted by atomic mass is 32.1. The molecule has 0 radical (unpaired) electrons. The Balaban J connectivity index is 1.37. The van der Waals surface area contributed by atoms with Crippen LogP contribution in [0.3, 0.4) is 0 Å². The molecule has 1 aliphatic carbocycles. The van der Waals surface area contributed by atoms with E-state index in [1.54, 1.807) is 0 Å². The van der Waals surface area contributed by atoms with Gasteiger partial charge in [0, 0.05) is 29.4 Å². The molecule has 27 heavy (non-hydrogen) atoms. The molecule has 1 saturated carbocycles. The minimum Gasteiger partial charge on any atom is -0.335 e. The van der Waals surface area contributed by atoms with E-state index in [2.05, 4.69) is 15.6 Å². The van der Waals surface area contributed by atoms with Gasteiger partial charge in [-0.25, -0.2) is 9.78 Å². The minimum absolute atomic E-state index is 0.0409. The number of carbonyl (C=O) groups excluding carboxylic acids is 2. The molecular formula is C20H24N4O2S. The van der Waals surface area contributed by atoms with Crippen molar-refractivity contribution in [1.82, 2.24) is 15.2 Å². The number of aromatic nitrogens is 1. The predicted molar refractivity (Wildman–Crippen MR) is 106 cm³/mol. The van der Waals surface area contributed by atoms with Crippen LogP contribution >= 0.6 is 11.3 Å². The lowest BCUT2D eigenvalue weighted by atomic mass is 9.96. The molecular weight excluding hydrogens is 360 g/mol. The summed E-state index contributed by atoms with van der Waals surface area (Å²) < 4.78 is 0. The monoisotopic (exact) mass is 384 g/mol. The van der Waals surface area contributed by atoms with E-state index in [9.17, 15) is 9.59 Å². The van der Waals surface area contributed by atoms with Crippen LogP contribution < -0.4 is 10.6 Å². The first-order chi connectivity index (χ1) is 13.2. The van der Waals surface area contributed by atoms with Crippen LogP contribution in [0.5, 0.6) is 0 Å². The van der Waals surface area contributed by atoms with Gasteiger partial charge in [-0.3, -0.25) is 10.1 Å². The Hall–Kier alpha value is -2.41. The molecule has 142 valence electrons.